The molecule has 0 spiro atoms. The molecule has 9 heterocycles. The smallest absolute Gasteiger partial charge is 0.419 e. The van der Waals surface area contributed by atoms with Gasteiger partial charge in [0, 0.05) is 67.9 Å². The number of nitrogen functional groups attached to an aromatic ring is 1. The largest absolute Gasteiger partial charge is 0.495 e. The molecule has 7 N–H and O–H groups in total. The highest BCUT2D eigenvalue weighted by molar-refractivity contribution is 7.92. The minimum atomic E-state index is -4.71. The number of nitrogens with one attached hydrogen (secondary N) is 5. The van der Waals surface area contributed by atoms with Crippen molar-refractivity contribution in [2.45, 2.75) is 54.0 Å². The van der Waals surface area contributed by atoms with E-state index in [0.29, 0.717) is 62.1 Å². The van der Waals surface area contributed by atoms with Crippen molar-refractivity contribution in [3.8, 4) is 49.4 Å². The van der Waals surface area contributed by atoms with E-state index >= 15 is 0 Å². The number of pyridine rings is 3. The maximum atomic E-state index is 13.8. The number of thiazole rings is 3. The number of benzene rings is 3. The fraction of sp³-hybridized carbons (Fsp3) is 0.182. The van der Waals surface area contributed by atoms with Crippen LogP contribution < -0.4 is 46.5 Å². The number of anilines is 11. The molecule has 0 aliphatic rings. The minimum absolute atomic E-state index is 0.0163. The summed E-state index contributed by atoms with van der Waals surface area (Å²) >= 11 is 9.25. The van der Waals surface area contributed by atoms with E-state index in [1.54, 1.807) is 31.2 Å². The summed E-state index contributed by atoms with van der Waals surface area (Å²) in [4.78, 5) is 49.9. The molecular formula is C66H58ClF9N18O9S6. The van der Waals surface area contributed by atoms with Crippen LogP contribution in [0.1, 0.15) is 37.5 Å². The maximum Gasteiger partial charge on any atom is 0.419 e. The third-order valence-electron chi connectivity index (χ3n) is 14.6. The molecule has 0 bridgehead atoms. The van der Waals surface area contributed by atoms with E-state index in [9.17, 15) is 64.8 Å². The summed E-state index contributed by atoms with van der Waals surface area (Å²) in [5.41, 5.74) is 6.94. The van der Waals surface area contributed by atoms with Crippen molar-refractivity contribution in [2.24, 2.45) is 0 Å². The Bertz CT molecular complexity index is 5270. The van der Waals surface area contributed by atoms with Gasteiger partial charge in [-0.1, -0.05) is 32.4 Å². The van der Waals surface area contributed by atoms with Gasteiger partial charge in [-0.15, -0.1) is 34.0 Å². The highest BCUT2D eigenvalue weighted by Gasteiger charge is 2.38. The van der Waals surface area contributed by atoms with Gasteiger partial charge in [0.2, 0.25) is 0 Å². The molecule has 572 valence electrons. The molecule has 3 aromatic carbocycles. The number of hydrogen-bond acceptors (Lipinski definition) is 30. The summed E-state index contributed by atoms with van der Waals surface area (Å²) in [5, 5.41) is 13.7. The van der Waals surface area contributed by atoms with E-state index in [1.165, 1.54) is 171 Å². The molecule has 0 unspecified atom stereocenters. The van der Waals surface area contributed by atoms with E-state index in [1.807, 2.05) is 0 Å². The fourth-order valence-corrected chi connectivity index (χ4v) is 14.2. The van der Waals surface area contributed by atoms with Crippen molar-refractivity contribution < 1.29 is 79.0 Å². The number of hydrogen-bond donors (Lipinski definition) is 6. The summed E-state index contributed by atoms with van der Waals surface area (Å²) in [6.45, 7) is 4.61. The lowest BCUT2D eigenvalue weighted by Crippen LogP contribution is -2.11. The van der Waals surface area contributed by atoms with Crippen molar-refractivity contribution >= 4 is 138 Å². The standard InChI is InChI=1S/2C22H19F3N6O3S2.C13H7ClF3N5S.C9H13NO3S/c2*1-3-36(32,33)13-5-6-17(34-2)16(9-13)30-18-10-15(14(11-28-18)22(23,24)25)31-21-19(35-12-29-21)20-26-7-4-8-27-20;14-9-4-8(7(5-20-9)13(15,16)17)22-12-10(23-6-21-12)11-18-2-1-3-19-11;1-3-14(11,12)7-4-5-9(13-2)8(10)6-7/h2*4-12H,3H2,1-2H3,(H2,28,30,31);1-6H,(H,20,22);4-6H,3,10H2,1-2H3. The van der Waals surface area contributed by atoms with Crippen molar-refractivity contribution in [1.82, 2.24) is 59.8 Å². The molecule has 0 amide bonds. The Morgan fingerprint density at radius 3 is 1.00 bits per heavy atom. The lowest BCUT2D eigenvalue weighted by atomic mass is 10.2. The Hall–Kier alpha value is -11.1. The third kappa shape index (κ3) is 21.0. The molecule has 0 radical (unpaired) electrons. The second kappa shape index (κ2) is 35.3. The fourth-order valence-electron chi connectivity index (χ4n) is 9.22. The lowest BCUT2D eigenvalue weighted by Gasteiger charge is -2.17. The average Bonchev–Trinajstić information content (AvgIpc) is 1.80. The van der Waals surface area contributed by atoms with Crippen LogP contribution >= 0.6 is 45.6 Å². The van der Waals surface area contributed by atoms with Gasteiger partial charge >= 0.3 is 18.5 Å². The zero-order valence-electron chi connectivity index (χ0n) is 57.1. The summed E-state index contributed by atoms with van der Waals surface area (Å²) in [5.74, 6) is 2.39. The van der Waals surface area contributed by atoms with Crippen LogP contribution in [0.2, 0.25) is 5.15 Å². The lowest BCUT2D eigenvalue weighted by molar-refractivity contribution is -0.138. The molecule has 12 aromatic rings. The topological polar surface area (TPSA) is 371 Å². The average molecular weight is 1650 g/mol. The van der Waals surface area contributed by atoms with Crippen LogP contribution in [0.3, 0.4) is 0 Å². The van der Waals surface area contributed by atoms with Gasteiger partial charge in [0.1, 0.15) is 48.7 Å². The number of nitrogens with zero attached hydrogens (tertiary/aromatic N) is 12. The van der Waals surface area contributed by atoms with Gasteiger partial charge < -0.3 is 46.5 Å². The number of ether oxygens (including phenoxy) is 3. The molecule has 0 fully saturated rings. The monoisotopic (exact) mass is 1640 g/mol. The Kier molecular flexibility index (Phi) is 26.6. The Labute approximate surface area is 632 Å². The molecule has 0 aliphatic heterocycles. The normalized spacial score (nSPS) is 11.7. The van der Waals surface area contributed by atoms with Crippen LogP contribution in [0.15, 0.2) is 178 Å². The van der Waals surface area contributed by atoms with Crippen LogP contribution in [-0.2, 0) is 48.0 Å². The number of halogens is 10. The first-order valence-corrected chi connectivity index (χ1v) is 39.0. The molecule has 12 rings (SSSR count). The number of methoxy groups -OCH3 is 3. The van der Waals surface area contributed by atoms with E-state index in [4.69, 9.17) is 31.5 Å². The van der Waals surface area contributed by atoms with Crippen molar-refractivity contribution in [1.29, 1.82) is 0 Å². The van der Waals surface area contributed by atoms with Gasteiger partial charge in [0.05, 0.1) is 121 Å². The molecule has 109 heavy (non-hydrogen) atoms. The first-order chi connectivity index (χ1) is 51.7. The first-order valence-electron chi connectivity index (χ1n) is 31.0. The Balaban J connectivity index is 0.000000176. The summed E-state index contributed by atoms with van der Waals surface area (Å²) < 4.78 is 209. The Morgan fingerprint density at radius 1 is 0.394 bits per heavy atom. The highest BCUT2D eigenvalue weighted by atomic mass is 35.5. The van der Waals surface area contributed by atoms with Crippen LogP contribution in [0.25, 0.3) is 32.1 Å². The summed E-state index contributed by atoms with van der Waals surface area (Å²) in [6, 6.07) is 21.1. The maximum absolute atomic E-state index is 13.8. The van der Waals surface area contributed by atoms with Crippen molar-refractivity contribution in [3.05, 3.63) is 185 Å². The molecule has 0 saturated carbocycles. The number of aromatic nitrogens is 12. The summed E-state index contributed by atoms with van der Waals surface area (Å²) in [6.07, 6.45) is -2.82. The second-order valence-electron chi connectivity index (χ2n) is 21.5. The number of rotatable bonds is 22. The summed E-state index contributed by atoms with van der Waals surface area (Å²) in [7, 11) is -5.99. The molecule has 0 aliphatic carbocycles. The van der Waals surface area contributed by atoms with Crippen LogP contribution in [-0.4, -0.2) is 124 Å². The first kappa shape index (κ1) is 82.0. The number of nitrogens with two attached hydrogens (primary N) is 1. The van der Waals surface area contributed by atoms with E-state index in [-0.39, 0.29) is 106 Å². The molecule has 0 atom stereocenters. The predicted octanol–water partition coefficient (Wildman–Crippen LogP) is 16.1. The van der Waals surface area contributed by atoms with E-state index in [2.05, 4.69) is 86.4 Å². The SMILES string of the molecule is CCS(=O)(=O)c1ccc(OC)c(N)c1.CCS(=O)(=O)c1ccc(OC)c(Nc2cc(Nc3ncsc3-c3ncccn3)c(C(F)(F)F)cn2)c1.CCS(=O)(=O)c1ccc(OC)c(Nc2cc(Nc3ncsc3-c3ncccn3)c(C(F)(F)F)cn2)c1.FC(F)(F)c1cnc(Cl)cc1Nc1ncsc1-c1ncccn1. The number of alkyl halides is 9. The Morgan fingerprint density at radius 2 is 0.697 bits per heavy atom. The van der Waals surface area contributed by atoms with Crippen LogP contribution in [0.5, 0.6) is 17.2 Å². The van der Waals surface area contributed by atoms with Crippen molar-refractivity contribution in [2.75, 3.05) is 70.9 Å². The zero-order chi connectivity index (χ0) is 79.1. The molecule has 0 saturated heterocycles. The molecule has 43 heteroatoms. The van der Waals surface area contributed by atoms with Gasteiger partial charge in [-0.25, -0.2) is 85.1 Å². The quantitative estimate of drug-likeness (QED) is 0.0208. The zero-order valence-corrected chi connectivity index (χ0v) is 62.7. The molecule has 9 aromatic heterocycles. The van der Waals surface area contributed by atoms with E-state index in [0.717, 1.165) is 18.2 Å². The van der Waals surface area contributed by atoms with Crippen molar-refractivity contribution in [3.63, 3.8) is 0 Å². The minimum Gasteiger partial charge on any atom is -0.495 e. The van der Waals surface area contributed by atoms with Gasteiger partial charge in [-0.2, -0.15) is 39.5 Å². The van der Waals surface area contributed by atoms with Gasteiger partial charge in [-0.05, 0) is 78.9 Å². The van der Waals surface area contributed by atoms with Crippen LogP contribution in [0.4, 0.5) is 103 Å². The van der Waals surface area contributed by atoms with Gasteiger partial charge in [0.15, 0.2) is 64.4 Å². The molecular weight excluding hydrogens is 1590 g/mol. The van der Waals surface area contributed by atoms with Gasteiger partial charge in [-0.3, -0.25) is 0 Å². The third-order valence-corrected chi connectivity index (χ3v) is 22.5. The van der Waals surface area contributed by atoms with E-state index < -0.39 is 64.7 Å². The second-order valence-corrected chi connectivity index (χ2v) is 31.3. The molecule has 27 nitrogen and oxygen atoms in total. The van der Waals surface area contributed by atoms with Crippen LogP contribution in [0, 0.1) is 0 Å². The number of sulfone groups is 3. The highest BCUT2D eigenvalue weighted by Crippen LogP contribution is 2.44. The van der Waals surface area contributed by atoms with Gasteiger partial charge in [0.25, 0.3) is 0 Å². The predicted molar refractivity (Wildman–Crippen MR) is 395 cm³/mol.